The Labute approximate surface area is 186 Å². The second-order valence-corrected chi connectivity index (χ2v) is 8.28. The van der Waals surface area contributed by atoms with Crippen molar-refractivity contribution >= 4 is 17.7 Å². The number of benzene rings is 1. The van der Waals surface area contributed by atoms with Crippen LogP contribution in [0.15, 0.2) is 40.7 Å². The summed E-state index contributed by atoms with van der Waals surface area (Å²) in [7, 11) is 1.28. The van der Waals surface area contributed by atoms with Gasteiger partial charge in [0.05, 0.1) is 19.3 Å². The van der Waals surface area contributed by atoms with Gasteiger partial charge >= 0.3 is 11.9 Å². The second kappa shape index (κ2) is 8.68. The topological polar surface area (TPSA) is 100 Å². The summed E-state index contributed by atoms with van der Waals surface area (Å²) in [6.45, 7) is 5.94. The minimum absolute atomic E-state index is 0.111. The van der Waals surface area contributed by atoms with E-state index in [-0.39, 0.29) is 25.1 Å². The van der Waals surface area contributed by atoms with Crippen LogP contribution in [0, 0.1) is 11.8 Å². The molecule has 2 aliphatic heterocycles. The fraction of sp³-hybridized carbons (Fsp3) is 0.458. The third kappa shape index (κ3) is 3.63. The summed E-state index contributed by atoms with van der Waals surface area (Å²) in [6.07, 6.45) is 1.16. The first-order valence-electron chi connectivity index (χ1n) is 10.8. The van der Waals surface area contributed by atoms with Crippen molar-refractivity contribution in [2.24, 2.45) is 11.8 Å². The van der Waals surface area contributed by atoms with Crippen LogP contribution >= 0.6 is 0 Å². The van der Waals surface area contributed by atoms with Gasteiger partial charge in [0.2, 0.25) is 6.79 Å². The zero-order valence-electron chi connectivity index (χ0n) is 18.7. The van der Waals surface area contributed by atoms with E-state index in [1.54, 1.807) is 19.1 Å². The molecule has 8 heteroatoms. The van der Waals surface area contributed by atoms with Crippen molar-refractivity contribution in [3.05, 3.63) is 46.3 Å². The van der Waals surface area contributed by atoms with Gasteiger partial charge in [-0.1, -0.05) is 19.9 Å². The number of hydrogen-bond donors (Lipinski definition) is 1. The minimum atomic E-state index is -0.927. The predicted octanol–water partition coefficient (Wildman–Crippen LogP) is 2.98. The van der Waals surface area contributed by atoms with Crippen molar-refractivity contribution in [1.29, 1.82) is 0 Å². The van der Waals surface area contributed by atoms with E-state index < -0.39 is 23.8 Å². The van der Waals surface area contributed by atoms with E-state index in [9.17, 15) is 14.4 Å². The molecule has 3 atom stereocenters. The van der Waals surface area contributed by atoms with Crippen molar-refractivity contribution in [3.63, 3.8) is 0 Å². The summed E-state index contributed by atoms with van der Waals surface area (Å²) in [5.74, 6) is -2.12. The Kier molecular flexibility index (Phi) is 5.95. The van der Waals surface area contributed by atoms with Crippen molar-refractivity contribution < 1.29 is 33.3 Å². The Morgan fingerprint density at radius 2 is 1.97 bits per heavy atom. The third-order valence-corrected chi connectivity index (χ3v) is 6.13. The number of ether oxygens (including phenoxy) is 4. The number of dihydropyridines is 1. The number of hydrogen-bond acceptors (Lipinski definition) is 8. The summed E-state index contributed by atoms with van der Waals surface area (Å²) >= 11 is 0. The van der Waals surface area contributed by atoms with Gasteiger partial charge in [0.1, 0.15) is 5.92 Å². The molecule has 1 aromatic rings. The molecule has 1 aromatic carbocycles. The molecule has 0 aromatic heterocycles. The van der Waals surface area contributed by atoms with Crippen LogP contribution in [0.4, 0.5) is 0 Å². The van der Waals surface area contributed by atoms with Crippen LogP contribution in [0.3, 0.4) is 0 Å². The number of Topliss-reactive ketones (excluding diaryl/α,β-unsaturated/α-hetero) is 1. The number of allylic oxidation sites excluding steroid dienone is 3. The van der Waals surface area contributed by atoms with Crippen LogP contribution in [0.25, 0.3) is 0 Å². The number of esters is 2. The summed E-state index contributed by atoms with van der Waals surface area (Å²) in [6, 6.07) is 5.35. The Balaban J connectivity index is 1.85. The highest BCUT2D eigenvalue weighted by atomic mass is 16.7. The molecule has 8 nitrogen and oxygen atoms in total. The molecule has 1 N–H and O–H groups in total. The van der Waals surface area contributed by atoms with E-state index >= 15 is 0 Å². The van der Waals surface area contributed by atoms with Crippen LogP contribution in [-0.4, -0.2) is 38.2 Å². The number of ketones is 1. The van der Waals surface area contributed by atoms with Crippen molar-refractivity contribution in [1.82, 2.24) is 5.32 Å². The Bertz CT molecular complexity index is 1040. The van der Waals surface area contributed by atoms with Gasteiger partial charge in [0.15, 0.2) is 17.3 Å². The lowest BCUT2D eigenvalue weighted by Crippen LogP contribution is -2.43. The van der Waals surface area contributed by atoms with Crippen molar-refractivity contribution in [3.8, 4) is 11.5 Å². The largest absolute Gasteiger partial charge is 0.468 e. The molecule has 0 fully saturated rings. The van der Waals surface area contributed by atoms with Crippen LogP contribution in [0.5, 0.6) is 11.5 Å². The molecule has 170 valence electrons. The quantitative estimate of drug-likeness (QED) is 0.550. The Morgan fingerprint density at radius 3 is 2.69 bits per heavy atom. The van der Waals surface area contributed by atoms with Crippen LogP contribution in [0.1, 0.15) is 45.1 Å². The van der Waals surface area contributed by atoms with Crippen LogP contribution < -0.4 is 14.8 Å². The third-order valence-electron chi connectivity index (χ3n) is 6.13. The first-order valence-corrected chi connectivity index (χ1v) is 10.8. The van der Waals surface area contributed by atoms with Gasteiger partial charge in [-0.05, 0) is 43.4 Å². The zero-order chi connectivity index (χ0) is 23.0. The van der Waals surface area contributed by atoms with Gasteiger partial charge in [-0.3, -0.25) is 9.59 Å². The standard InChI is InChI=1S/C24H27NO7/c1-5-8-30-24(28)19-13(3)25-15-9-12(2)18(23(27)29-4)22(26)21(15)20(19)14-6-7-16-17(10-14)32-11-31-16/h6-7,10,12,18,20,25H,5,8-9,11H2,1-4H3/t12-,18-,20+/m0/s1. The van der Waals surface area contributed by atoms with E-state index in [1.165, 1.54) is 7.11 Å². The Hall–Kier alpha value is -3.29. The summed E-state index contributed by atoms with van der Waals surface area (Å²) in [4.78, 5) is 39.2. The van der Waals surface area contributed by atoms with E-state index in [0.29, 0.717) is 46.7 Å². The molecule has 0 saturated carbocycles. The summed E-state index contributed by atoms with van der Waals surface area (Å²) in [5.41, 5.74) is 2.78. The second-order valence-electron chi connectivity index (χ2n) is 8.28. The molecule has 0 spiro atoms. The molecule has 2 heterocycles. The van der Waals surface area contributed by atoms with Crippen molar-refractivity contribution in [2.45, 2.75) is 39.5 Å². The van der Waals surface area contributed by atoms with Crippen LogP contribution in [0.2, 0.25) is 0 Å². The minimum Gasteiger partial charge on any atom is -0.468 e. The van der Waals surface area contributed by atoms with Gasteiger partial charge in [-0.2, -0.15) is 0 Å². The molecule has 3 aliphatic rings. The number of methoxy groups -OCH3 is 1. The lowest BCUT2D eigenvalue weighted by molar-refractivity contribution is -0.151. The maximum Gasteiger partial charge on any atom is 0.336 e. The maximum atomic E-state index is 13.6. The fourth-order valence-corrected chi connectivity index (χ4v) is 4.65. The first kappa shape index (κ1) is 21.9. The predicted molar refractivity (Wildman–Crippen MR) is 114 cm³/mol. The molecular formula is C24H27NO7. The molecule has 4 rings (SSSR count). The zero-order valence-corrected chi connectivity index (χ0v) is 18.7. The normalized spacial score (nSPS) is 24.1. The van der Waals surface area contributed by atoms with E-state index in [4.69, 9.17) is 18.9 Å². The van der Waals surface area contributed by atoms with Crippen LogP contribution in [-0.2, 0) is 23.9 Å². The maximum absolute atomic E-state index is 13.6. The van der Waals surface area contributed by atoms with E-state index in [0.717, 1.165) is 5.70 Å². The molecule has 0 saturated heterocycles. The lowest BCUT2D eigenvalue weighted by atomic mass is 9.69. The molecular weight excluding hydrogens is 414 g/mol. The number of carbonyl (C=O) groups is 3. The molecule has 0 bridgehead atoms. The molecule has 32 heavy (non-hydrogen) atoms. The van der Waals surface area contributed by atoms with Gasteiger partial charge < -0.3 is 24.3 Å². The van der Waals surface area contributed by atoms with Gasteiger partial charge in [0.25, 0.3) is 0 Å². The van der Waals surface area contributed by atoms with Gasteiger partial charge in [-0.25, -0.2) is 4.79 Å². The van der Waals surface area contributed by atoms with E-state index in [2.05, 4.69) is 5.32 Å². The highest BCUT2D eigenvalue weighted by molar-refractivity contribution is 6.12. The first-order chi connectivity index (χ1) is 15.4. The van der Waals surface area contributed by atoms with Gasteiger partial charge in [-0.15, -0.1) is 0 Å². The highest BCUT2D eigenvalue weighted by Gasteiger charge is 2.47. The molecule has 0 radical (unpaired) electrons. The number of fused-ring (bicyclic) bond motifs is 1. The number of carbonyl (C=O) groups excluding carboxylic acids is 3. The highest BCUT2D eigenvalue weighted by Crippen LogP contribution is 2.47. The Morgan fingerprint density at radius 1 is 1.22 bits per heavy atom. The smallest absolute Gasteiger partial charge is 0.336 e. The van der Waals surface area contributed by atoms with Crippen molar-refractivity contribution in [2.75, 3.05) is 20.5 Å². The number of nitrogens with one attached hydrogen (secondary N) is 1. The lowest BCUT2D eigenvalue weighted by Gasteiger charge is -2.38. The summed E-state index contributed by atoms with van der Waals surface area (Å²) < 4.78 is 21.3. The van der Waals surface area contributed by atoms with Gasteiger partial charge in [0, 0.05) is 22.9 Å². The monoisotopic (exact) mass is 441 g/mol. The number of rotatable bonds is 5. The SMILES string of the molecule is CCCOC(=O)C1=C(C)NC2=C(C(=O)[C@@H](C(=O)OC)[C@@H](C)C2)[C@@H]1c1ccc2c(c1)OCO2. The fourth-order valence-electron chi connectivity index (χ4n) is 4.65. The average molecular weight is 441 g/mol. The summed E-state index contributed by atoms with van der Waals surface area (Å²) in [5, 5.41) is 3.25. The molecule has 0 amide bonds. The molecule has 0 unspecified atom stereocenters. The molecule has 1 aliphatic carbocycles. The average Bonchev–Trinajstić information content (AvgIpc) is 3.24. The van der Waals surface area contributed by atoms with E-state index in [1.807, 2.05) is 19.9 Å².